The molecule has 2 N–H and O–H groups in total. The molecule has 2 amide bonds. The molecular weight excluding hydrogens is 414 g/mol. The molecule has 0 unspecified atom stereocenters. The first-order valence-corrected chi connectivity index (χ1v) is 12.0. The first-order chi connectivity index (χ1) is 14.7. The molecule has 0 saturated carbocycles. The minimum absolute atomic E-state index is 0.0583. The highest BCUT2D eigenvalue weighted by Crippen LogP contribution is 2.31. The van der Waals surface area contributed by atoms with E-state index in [0.29, 0.717) is 50.0 Å². The molecule has 2 aliphatic heterocycles. The number of hydrogen-bond donors (Lipinski definition) is 2. The van der Waals surface area contributed by atoms with Gasteiger partial charge in [0.25, 0.3) is 0 Å². The lowest BCUT2D eigenvalue weighted by atomic mass is 10.1. The zero-order valence-electron chi connectivity index (χ0n) is 17.8. The number of amides is 2. The van der Waals surface area contributed by atoms with Gasteiger partial charge in [-0.15, -0.1) is 0 Å². The Morgan fingerprint density at radius 1 is 1.06 bits per heavy atom. The number of carbonyl (C=O) groups is 2. The number of anilines is 2. The summed E-state index contributed by atoms with van der Waals surface area (Å²) in [5.74, 6) is -0.370. The van der Waals surface area contributed by atoms with Crippen LogP contribution in [0.2, 0.25) is 0 Å². The summed E-state index contributed by atoms with van der Waals surface area (Å²) in [4.78, 5) is 24.9. The average molecular weight is 442 g/mol. The van der Waals surface area contributed by atoms with E-state index < -0.39 is 16.1 Å². The second-order valence-electron chi connectivity index (χ2n) is 8.36. The lowest BCUT2D eigenvalue weighted by molar-refractivity contribution is -0.119. The van der Waals surface area contributed by atoms with Crippen LogP contribution in [0.25, 0.3) is 0 Å². The Hall–Kier alpha value is -2.71. The molecule has 2 aromatic carbocycles. The fraction of sp³-hybridized carbons (Fsp3) is 0.391. The van der Waals surface area contributed by atoms with Crippen molar-refractivity contribution in [1.82, 2.24) is 4.31 Å². The lowest BCUT2D eigenvalue weighted by Gasteiger charge is -2.24. The summed E-state index contributed by atoms with van der Waals surface area (Å²) in [6.45, 7) is 4.21. The van der Waals surface area contributed by atoms with Crippen LogP contribution in [-0.4, -0.2) is 37.1 Å². The van der Waals surface area contributed by atoms with Crippen LogP contribution in [0.3, 0.4) is 0 Å². The molecular formula is C23H27N3O4S. The SMILES string of the molecule is Cc1cc(C)cc(NC(=O)[C@H]2CCCN2S(=O)(=O)c2ccc3c(c2)CCCC(=O)N3)c1. The Bertz CT molecular complexity index is 1120. The van der Waals surface area contributed by atoms with Crippen LogP contribution in [0.5, 0.6) is 0 Å². The minimum atomic E-state index is -3.84. The smallest absolute Gasteiger partial charge is 0.243 e. The zero-order valence-corrected chi connectivity index (χ0v) is 18.6. The maximum Gasteiger partial charge on any atom is 0.243 e. The van der Waals surface area contributed by atoms with Crippen LogP contribution in [0, 0.1) is 13.8 Å². The van der Waals surface area contributed by atoms with Crippen LogP contribution in [-0.2, 0) is 26.0 Å². The van der Waals surface area contributed by atoms with E-state index in [1.807, 2.05) is 32.0 Å². The monoisotopic (exact) mass is 441 g/mol. The van der Waals surface area contributed by atoms with Crippen LogP contribution in [0.15, 0.2) is 41.3 Å². The van der Waals surface area contributed by atoms with Crippen molar-refractivity contribution in [1.29, 1.82) is 0 Å². The van der Waals surface area contributed by atoms with Crippen molar-refractivity contribution >= 4 is 33.2 Å². The molecule has 8 heteroatoms. The number of aryl methyl sites for hydroxylation is 3. The van der Waals surface area contributed by atoms with E-state index in [4.69, 9.17) is 0 Å². The summed E-state index contributed by atoms with van der Waals surface area (Å²) in [7, 11) is -3.84. The third kappa shape index (κ3) is 4.50. The molecule has 1 atom stereocenters. The number of hydrogen-bond acceptors (Lipinski definition) is 4. The van der Waals surface area contributed by atoms with Gasteiger partial charge in [0, 0.05) is 24.3 Å². The van der Waals surface area contributed by atoms with Gasteiger partial charge < -0.3 is 10.6 Å². The largest absolute Gasteiger partial charge is 0.326 e. The Labute approximate surface area is 182 Å². The normalized spacial score (nSPS) is 19.4. The third-order valence-corrected chi connectivity index (χ3v) is 7.71. The van der Waals surface area contributed by atoms with Gasteiger partial charge in [-0.25, -0.2) is 8.42 Å². The zero-order chi connectivity index (χ0) is 22.2. The van der Waals surface area contributed by atoms with E-state index in [1.54, 1.807) is 12.1 Å². The first kappa shape index (κ1) is 21.5. The van der Waals surface area contributed by atoms with Crippen molar-refractivity contribution in [2.45, 2.75) is 56.9 Å². The summed E-state index contributed by atoms with van der Waals surface area (Å²) in [6, 6.07) is 9.81. The van der Waals surface area contributed by atoms with E-state index in [-0.39, 0.29) is 16.7 Å². The Kier molecular flexibility index (Phi) is 5.85. The highest BCUT2D eigenvalue weighted by molar-refractivity contribution is 7.89. The second kappa shape index (κ2) is 8.43. The fourth-order valence-electron chi connectivity index (χ4n) is 4.41. The van der Waals surface area contributed by atoms with Gasteiger partial charge in [-0.05, 0) is 86.6 Å². The van der Waals surface area contributed by atoms with Gasteiger partial charge in [0.1, 0.15) is 6.04 Å². The third-order valence-electron chi connectivity index (χ3n) is 5.80. The van der Waals surface area contributed by atoms with E-state index >= 15 is 0 Å². The molecule has 2 aliphatic rings. The molecule has 1 saturated heterocycles. The number of benzene rings is 2. The van der Waals surface area contributed by atoms with Gasteiger partial charge in [-0.3, -0.25) is 9.59 Å². The molecule has 7 nitrogen and oxygen atoms in total. The summed E-state index contributed by atoms with van der Waals surface area (Å²) >= 11 is 0. The first-order valence-electron chi connectivity index (χ1n) is 10.6. The number of carbonyl (C=O) groups excluding carboxylic acids is 2. The predicted octanol–water partition coefficient (Wildman–Crippen LogP) is 3.37. The molecule has 164 valence electrons. The predicted molar refractivity (Wildman–Crippen MR) is 119 cm³/mol. The van der Waals surface area contributed by atoms with Gasteiger partial charge in [-0.2, -0.15) is 4.31 Å². The van der Waals surface area contributed by atoms with Crippen molar-refractivity contribution in [3.05, 3.63) is 53.1 Å². The molecule has 0 bridgehead atoms. The molecule has 0 radical (unpaired) electrons. The van der Waals surface area contributed by atoms with Crippen molar-refractivity contribution in [2.24, 2.45) is 0 Å². The van der Waals surface area contributed by atoms with E-state index in [2.05, 4.69) is 10.6 Å². The van der Waals surface area contributed by atoms with E-state index in [1.165, 1.54) is 10.4 Å². The highest BCUT2D eigenvalue weighted by Gasteiger charge is 2.39. The van der Waals surface area contributed by atoms with Crippen molar-refractivity contribution in [3.63, 3.8) is 0 Å². The summed E-state index contributed by atoms with van der Waals surface area (Å²) in [5, 5.41) is 5.71. The molecule has 4 rings (SSSR count). The van der Waals surface area contributed by atoms with Gasteiger partial charge in [0.05, 0.1) is 4.90 Å². The molecule has 31 heavy (non-hydrogen) atoms. The lowest BCUT2D eigenvalue weighted by Crippen LogP contribution is -2.43. The van der Waals surface area contributed by atoms with Crippen molar-refractivity contribution in [2.75, 3.05) is 17.2 Å². The summed E-state index contributed by atoms with van der Waals surface area (Å²) < 4.78 is 28.1. The van der Waals surface area contributed by atoms with Crippen LogP contribution >= 0.6 is 0 Å². The van der Waals surface area contributed by atoms with E-state index in [0.717, 1.165) is 16.7 Å². The Morgan fingerprint density at radius 2 is 1.81 bits per heavy atom. The van der Waals surface area contributed by atoms with Gasteiger partial charge >= 0.3 is 0 Å². The topological polar surface area (TPSA) is 95.6 Å². The summed E-state index contributed by atoms with van der Waals surface area (Å²) in [6.07, 6.45) is 2.84. The second-order valence-corrected chi connectivity index (χ2v) is 10.3. The Morgan fingerprint density at radius 3 is 2.55 bits per heavy atom. The number of rotatable bonds is 4. The van der Waals surface area contributed by atoms with Gasteiger partial charge in [-0.1, -0.05) is 6.07 Å². The minimum Gasteiger partial charge on any atom is -0.326 e. The van der Waals surface area contributed by atoms with Gasteiger partial charge in [0.2, 0.25) is 21.8 Å². The van der Waals surface area contributed by atoms with E-state index in [9.17, 15) is 18.0 Å². The highest BCUT2D eigenvalue weighted by atomic mass is 32.2. The maximum absolute atomic E-state index is 13.4. The van der Waals surface area contributed by atoms with Crippen molar-refractivity contribution < 1.29 is 18.0 Å². The molecule has 0 spiro atoms. The maximum atomic E-state index is 13.4. The molecule has 2 heterocycles. The standard InChI is InChI=1S/C23H27N3O4S/c1-15-11-16(2)13-18(12-15)24-23(28)21-6-4-10-26(21)31(29,30)19-8-9-20-17(14-19)5-3-7-22(27)25-20/h8-9,11-14,21H,3-7,10H2,1-2H3,(H,24,28)(H,25,27)/t21-/m1/s1. The number of fused-ring (bicyclic) bond motifs is 1. The molecule has 2 aromatic rings. The average Bonchev–Trinajstić information content (AvgIpc) is 3.11. The van der Waals surface area contributed by atoms with Crippen LogP contribution in [0.1, 0.15) is 42.4 Å². The van der Waals surface area contributed by atoms with Crippen molar-refractivity contribution in [3.8, 4) is 0 Å². The fourth-order valence-corrected chi connectivity index (χ4v) is 6.12. The number of nitrogens with zero attached hydrogens (tertiary/aromatic N) is 1. The quantitative estimate of drug-likeness (QED) is 0.760. The van der Waals surface area contributed by atoms with Gasteiger partial charge in [0.15, 0.2) is 0 Å². The van der Waals surface area contributed by atoms with Crippen LogP contribution in [0.4, 0.5) is 11.4 Å². The molecule has 0 aliphatic carbocycles. The number of nitrogens with one attached hydrogen (secondary N) is 2. The Balaban J connectivity index is 1.58. The molecule has 1 fully saturated rings. The number of sulfonamides is 1. The van der Waals surface area contributed by atoms with Crippen LogP contribution < -0.4 is 10.6 Å². The summed E-state index contributed by atoms with van der Waals surface area (Å²) in [5.41, 5.74) is 4.20. The molecule has 0 aromatic heterocycles.